The molecular formula is C24H40N4O2. The molecule has 168 valence electrons. The van der Waals surface area contributed by atoms with Gasteiger partial charge in [0.05, 0.1) is 5.56 Å². The molecule has 0 bridgehead atoms. The third-order valence-corrected chi connectivity index (χ3v) is 5.79. The Bertz CT molecular complexity index is 684. The van der Waals surface area contributed by atoms with Gasteiger partial charge in [-0.15, -0.1) is 0 Å². The summed E-state index contributed by atoms with van der Waals surface area (Å²) in [6.07, 6.45) is 7.09. The molecule has 0 aromatic heterocycles. The Labute approximate surface area is 182 Å². The number of nitrogens with zero attached hydrogens (tertiary/aromatic N) is 2. The molecule has 0 aliphatic carbocycles. The molecule has 2 N–H and O–H groups in total. The van der Waals surface area contributed by atoms with Crippen LogP contribution in [0, 0.1) is 5.92 Å². The maximum Gasteiger partial charge on any atom is 0.253 e. The van der Waals surface area contributed by atoms with Crippen LogP contribution in [0.15, 0.2) is 18.2 Å². The Hall–Kier alpha value is -2.08. The number of carbonyl (C=O) groups is 2. The normalized spacial score (nSPS) is 14.8. The molecule has 1 atom stereocenters. The van der Waals surface area contributed by atoms with Crippen molar-refractivity contribution in [1.82, 2.24) is 10.2 Å². The monoisotopic (exact) mass is 416 g/mol. The van der Waals surface area contributed by atoms with E-state index in [-0.39, 0.29) is 17.7 Å². The zero-order chi connectivity index (χ0) is 21.9. The second-order valence-electron chi connectivity index (χ2n) is 8.58. The molecule has 1 aromatic carbocycles. The Morgan fingerprint density at radius 1 is 1.13 bits per heavy atom. The largest absolute Gasteiger partial charge is 0.371 e. The van der Waals surface area contributed by atoms with Gasteiger partial charge in [0, 0.05) is 36.9 Å². The number of amides is 2. The van der Waals surface area contributed by atoms with E-state index in [1.807, 2.05) is 32.3 Å². The first kappa shape index (κ1) is 24.2. The molecule has 0 spiro atoms. The molecule has 6 heteroatoms. The third-order valence-electron chi connectivity index (χ3n) is 5.79. The van der Waals surface area contributed by atoms with E-state index in [1.165, 1.54) is 0 Å². The van der Waals surface area contributed by atoms with Crippen molar-refractivity contribution in [2.45, 2.75) is 58.8 Å². The van der Waals surface area contributed by atoms with Crippen LogP contribution in [0.1, 0.15) is 69.2 Å². The minimum atomic E-state index is -0.0650. The average molecular weight is 417 g/mol. The van der Waals surface area contributed by atoms with E-state index in [4.69, 9.17) is 0 Å². The molecule has 6 nitrogen and oxygen atoms in total. The fourth-order valence-corrected chi connectivity index (χ4v) is 3.94. The van der Waals surface area contributed by atoms with E-state index >= 15 is 0 Å². The summed E-state index contributed by atoms with van der Waals surface area (Å²) in [6.45, 7) is 7.73. The van der Waals surface area contributed by atoms with Crippen LogP contribution in [0.4, 0.5) is 11.4 Å². The lowest BCUT2D eigenvalue weighted by Gasteiger charge is -2.22. The maximum atomic E-state index is 13.0. The van der Waals surface area contributed by atoms with Crippen molar-refractivity contribution < 1.29 is 9.59 Å². The van der Waals surface area contributed by atoms with Gasteiger partial charge in [0.25, 0.3) is 5.91 Å². The Morgan fingerprint density at radius 2 is 1.87 bits per heavy atom. The highest BCUT2D eigenvalue weighted by atomic mass is 16.2. The molecule has 2 amide bonds. The average Bonchev–Trinajstić information content (AvgIpc) is 3.26. The summed E-state index contributed by atoms with van der Waals surface area (Å²) < 4.78 is 0. The summed E-state index contributed by atoms with van der Waals surface area (Å²) in [7, 11) is 4.06. The van der Waals surface area contributed by atoms with Gasteiger partial charge >= 0.3 is 0 Å². The third kappa shape index (κ3) is 7.31. The van der Waals surface area contributed by atoms with Crippen molar-refractivity contribution in [3.8, 4) is 0 Å². The maximum absolute atomic E-state index is 13.0. The van der Waals surface area contributed by atoms with E-state index in [1.54, 1.807) is 0 Å². The number of nitrogens with one attached hydrogen (secondary N) is 2. The second kappa shape index (κ2) is 12.6. The molecule has 1 fully saturated rings. The number of anilines is 2. The molecule has 1 saturated heterocycles. The molecule has 1 aliphatic rings. The first-order valence-corrected chi connectivity index (χ1v) is 11.6. The summed E-state index contributed by atoms with van der Waals surface area (Å²) in [5, 5.41) is 6.11. The van der Waals surface area contributed by atoms with Crippen LogP contribution < -0.4 is 15.5 Å². The van der Waals surface area contributed by atoms with E-state index in [2.05, 4.69) is 34.3 Å². The molecule has 1 heterocycles. The van der Waals surface area contributed by atoms with Crippen molar-refractivity contribution in [1.29, 1.82) is 0 Å². The fourth-order valence-electron chi connectivity index (χ4n) is 3.94. The summed E-state index contributed by atoms with van der Waals surface area (Å²) in [5.41, 5.74) is 2.33. The van der Waals surface area contributed by atoms with Gasteiger partial charge in [-0.25, -0.2) is 0 Å². The zero-order valence-electron chi connectivity index (χ0n) is 19.3. The second-order valence-corrected chi connectivity index (χ2v) is 8.58. The van der Waals surface area contributed by atoms with Gasteiger partial charge in [0.15, 0.2) is 0 Å². The number of unbranched alkanes of at least 4 members (excludes halogenated alkanes) is 1. The highest BCUT2D eigenvalue weighted by molar-refractivity contribution is 6.02. The number of hydrogen-bond donors (Lipinski definition) is 2. The minimum absolute atomic E-state index is 0.0199. The van der Waals surface area contributed by atoms with E-state index in [0.717, 1.165) is 70.3 Å². The number of benzene rings is 1. The molecule has 1 aliphatic heterocycles. The summed E-state index contributed by atoms with van der Waals surface area (Å²) in [6, 6.07) is 5.77. The van der Waals surface area contributed by atoms with Crippen LogP contribution in [0.3, 0.4) is 0 Å². The van der Waals surface area contributed by atoms with Crippen LogP contribution >= 0.6 is 0 Å². The van der Waals surface area contributed by atoms with Crippen LogP contribution in [0.25, 0.3) is 0 Å². The lowest BCUT2D eigenvalue weighted by atomic mass is 9.98. The Morgan fingerprint density at radius 3 is 2.50 bits per heavy atom. The SMILES string of the molecule is CCCC[C@H](CC)C(=O)Nc1ccc(N2CCCC2)c(C(=O)NCCCN(C)C)c1. The van der Waals surface area contributed by atoms with Gasteiger partial charge in [0.1, 0.15) is 0 Å². The minimum Gasteiger partial charge on any atom is -0.371 e. The predicted molar refractivity (Wildman–Crippen MR) is 125 cm³/mol. The van der Waals surface area contributed by atoms with Crippen molar-refractivity contribution in [2.24, 2.45) is 5.92 Å². The summed E-state index contributed by atoms with van der Waals surface area (Å²) >= 11 is 0. The first-order valence-electron chi connectivity index (χ1n) is 11.6. The van der Waals surface area contributed by atoms with Crippen molar-refractivity contribution in [2.75, 3.05) is 50.5 Å². The smallest absolute Gasteiger partial charge is 0.253 e. The molecular weight excluding hydrogens is 376 g/mol. The van der Waals surface area contributed by atoms with Crippen LogP contribution in [-0.4, -0.2) is 57.0 Å². The number of carbonyl (C=O) groups excluding carboxylic acids is 2. The predicted octanol–water partition coefficient (Wildman–Crippen LogP) is 4.12. The Balaban J connectivity index is 2.13. The zero-order valence-corrected chi connectivity index (χ0v) is 19.3. The van der Waals surface area contributed by atoms with Crippen LogP contribution in [-0.2, 0) is 4.79 Å². The van der Waals surface area contributed by atoms with E-state index in [0.29, 0.717) is 17.8 Å². The topological polar surface area (TPSA) is 64.7 Å². The van der Waals surface area contributed by atoms with Gasteiger partial charge in [-0.2, -0.15) is 0 Å². The van der Waals surface area contributed by atoms with Crippen LogP contribution in [0.2, 0.25) is 0 Å². The van der Waals surface area contributed by atoms with Crippen LogP contribution in [0.5, 0.6) is 0 Å². The lowest BCUT2D eigenvalue weighted by molar-refractivity contribution is -0.120. The van der Waals surface area contributed by atoms with E-state index in [9.17, 15) is 9.59 Å². The fraction of sp³-hybridized carbons (Fsp3) is 0.667. The Kier molecular flexibility index (Phi) is 10.1. The summed E-state index contributed by atoms with van der Waals surface area (Å²) in [5.74, 6) is 0.00788. The standard InChI is InChI=1S/C24H40N4O2/c1-5-7-11-19(6-2)23(29)26-20-12-13-22(28-16-8-9-17-28)21(18-20)24(30)25-14-10-15-27(3)4/h12-13,18-19H,5-11,14-17H2,1-4H3,(H,25,30)(H,26,29)/t19-/m0/s1. The van der Waals surface area contributed by atoms with E-state index < -0.39 is 0 Å². The van der Waals surface area contributed by atoms with Gasteiger partial charge in [0.2, 0.25) is 5.91 Å². The number of rotatable bonds is 12. The highest BCUT2D eigenvalue weighted by Crippen LogP contribution is 2.28. The highest BCUT2D eigenvalue weighted by Gasteiger charge is 2.21. The molecule has 30 heavy (non-hydrogen) atoms. The van der Waals surface area contributed by atoms with Gasteiger partial charge in [-0.05, 0) is 70.9 Å². The number of hydrogen-bond acceptors (Lipinski definition) is 4. The van der Waals surface area contributed by atoms with Gasteiger partial charge in [-0.3, -0.25) is 9.59 Å². The summed E-state index contributed by atoms with van der Waals surface area (Å²) in [4.78, 5) is 30.1. The van der Waals surface area contributed by atoms with Gasteiger partial charge in [-0.1, -0.05) is 26.7 Å². The molecule has 2 rings (SSSR count). The molecule has 1 aromatic rings. The molecule has 0 saturated carbocycles. The lowest BCUT2D eigenvalue weighted by Crippen LogP contribution is -2.30. The quantitative estimate of drug-likeness (QED) is 0.503. The van der Waals surface area contributed by atoms with Crippen molar-refractivity contribution in [3.63, 3.8) is 0 Å². The van der Waals surface area contributed by atoms with Gasteiger partial charge < -0.3 is 20.4 Å². The van der Waals surface area contributed by atoms with Crippen molar-refractivity contribution >= 4 is 23.2 Å². The molecule has 0 unspecified atom stereocenters. The first-order chi connectivity index (χ1) is 14.5. The molecule has 0 radical (unpaired) electrons. The van der Waals surface area contributed by atoms with Crippen molar-refractivity contribution in [3.05, 3.63) is 23.8 Å².